The van der Waals surface area contributed by atoms with Crippen molar-refractivity contribution in [2.24, 2.45) is 4.99 Å². The Morgan fingerprint density at radius 2 is 2.00 bits per heavy atom. The van der Waals surface area contributed by atoms with Crippen LogP contribution in [0.1, 0.15) is 18.9 Å². The van der Waals surface area contributed by atoms with Gasteiger partial charge >= 0.3 is 0 Å². The van der Waals surface area contributed by atoms with Crippen LogP contribution < -0.4 is 15.5 Å². The highest BCUT2D eigenvalue weighted by molar-refractivity contribution is 14.0. The molecule has 1 aliphatic rings. The molecule has 0 aliphatic carbocycles. The number of piperazine rings is 1. The first-order chi connectivity index (χ1) is 10.7. The fraction of sp³-hybridized carbons (Fsp3) is 0.625. The summed E-state index contributed by atoms with van der Waals surface area (Å²) in [5.74, 6) is 1.93. The van der Waals surface area contributed by atoms with E-state index in [0.717, 1.165) is 57.5 Å². The van der Waals surface area contributed by atoms with Crippen molar-refractivity contribution in [3.63, 3.8) is 0 Å². The maximum absolute atomic E-state index is 4.60. The molecule has 0 amide bonds. The fourth-order valence-corrected chi connectivity index (χ4v) is 2.51. The SMILES string of the molecule is CCCNC(=NC)NCc1cccnc1N1CCN(C)CC1.I. The fourth-order valence-electron chi connectivity index (χ4n) is 2.51. The summed E-state index contributed by atoms with van der Waals surface area (Å²) >= 11 is 0. The van der Waals surface area contributed by atoms with E-state index in [-0.39, 0.29) is 24.0 Å². The van der Waals surface area contributed by atoms with Crippen molar-refractivity contribution in [1.82, 2.24) is 20.5 Å². The predicted molar refractivity (Wildman–Crippen MR) is 108 cm³/mol. The average Bonchev–Trinajstić information content (AvgIpc) is 2.56. The van der Waals surface area contributed by atoms with Crippen molar-refractivity contribution >= 4 is 35.8 Å². The van der Waals surface area contributed by atoms with Gasteiger partial charge in [0.25, 0.3) is 0 Å². The third-order valence-electron chi connectivity index (χ3n) is 3.88. The van der Waals surface area contributed by atoms with Crippen molar-refractivity contribution < 1.29 is 0 Å². The Bertz CT molecular complexity index is 485. The second-order valence-corrected chi connectivity index (χ2v) is 5.63. The van der Waals surface area contributed by atoms with Gasteiger partial charge in [-0.2, -0.15) is 0 Å². The summed E-state index contributed by atoms with van der Waals surface area (Å²) in [6.07, 6.45) is 2.96. The highest BCUT2D eigenvalue weighted by atomic mass is 127. The molecular weight excluding hydrogens is 403 g/mol. The molecule has 1 fully saturated rings. The van der Waals surface area contributed by atoms with Gasteiger partial charge in [-0.1, -0.05) is 13.0 Å². The van der Waals surface area contributed by atoms with Crippen LogP contribution in [0.5, 0.6) is 0 Å². The van der Waals surface area contributed by atoms with E-state index < -0.39 is 0 Å². The summed E-state index contributed by atoms with van der Waals surface area (Å²) in [7, 11) is 3.97. The van der Waals surface area contributed by atoms with E-state index >= 15 is 0 Å². The smallest absolute Gasteiger partial charge is 0.191 e. The molecule has 2 rings (SSSR count). The first kappa shape index (κ1) is 20.0. The lowest BCUT2D eigenvalue weighted by Gasteiger charge is -2.34. The maximum Gasteiger partial charge on any atom is 0.191 e. The first-order valence-corrected chi connectivity index (χ1v) is 8.06. The molecule has 0 saturated carbocycles. The highest BCUT2D eigenvalue weighted by Gasteiger charge is 2.17. The molecule has 0 aromatic carbocycles. The highest BCUT2D eigenvalue weighted by Crippen LogP contribution is 2.18. The van der Waals surface area contributed by atoms with E-state index in [2.05, 4.69) is 50.4 Å². The van der Waals surface area contributed by atoms with Crippen LogP contribution in [0.25, 0.3) is 0 Å². The van der Waals surface area contributed by atoms with Crippen molar-refractivity contribution in [2.75, 3.05) is 51.7 Å². The number of aliphatic imine (C=N–C) groups is 1. The molecule has 0 spiro atoms. The number of guanidine groups is 1. The summed E-state index contributed by atoms with van der Waals surface area (Å²) in [6, 6.07) is 4.14. The molecule has 23 heavy (non-hydrogen) atoms. The van der Waals surface area contributed by atoms with E-state index in [0.29, 0.717) is 0 Å². The third-order valence-corrected chi connectivity index (χ3v) is 3.88. The number of halogens is 1. The number of hydrogen-bond donors (Lipinski definition) is 2. The summed E-state index contributed by atoms with van der Waals surface area (Å²) in [6.45, 7) is 8.04. The molecule has 1 aliphatic heterocycles. The molecule has 130 valence electrons. The Morgan fingerprint density at radius 3 is 2.65 bits per heavy atom. The van der Waals surface area contributed by atoms with Crippen LogP contribution >= 0.6 is 24.0 Å². The topological polar surface area (TPSA) is 55.8 Å². The van der Waals surface area contributed by atoms with E-state index in [1.807, 2.05) is 12.3 Å². The lowest BCUT2D eigenvalue weighted by atomic mass is 10.2. The third kappa shape index (κ3) is 6.14. The number of nitrogens with zero attached hydrogens (tertiary/aromatic N) is 4. The van der Waals surface area contributed by atoms with Gasteiger partial charge in [-0.3, -0.25) is 4.99 Å². The lowest BCUT2D eigenvalue weighted by Crippen LogP contribution is -2.45. The molecule has 7 heteroatoms. The normalized spacial score (nSPS) is 16.0. The quantitative estimate of drug-likeness (QED) is 0.420. The number of aromatic nitrogens is 1. The molecule has 2 heterocycles. The van der Waals surface area contributed by atoms with Gasteiger partial charge in [-0.05, 0) is 19.5 Å². The number of hydrogen-bond acceptors (Lipinski definition) is 4. The zero-order chi connectivity index (χ0) is 15.8. The maximum atomic E-state index is 4.60. The molecule has 1 aromatic heterocycles. The summed E-state index contributed by atoms with van der Waals surface area (Å²) in [5, 5.41) is 6.66. The van der Waals surface area contributed by atoms with Gasteiger partial charge in [0.1, 0.15) is 5.82 Å². The molecule has 0 radical (unpaired) electrons. The van der Waals surface area contributed by atoms with Crippen molar-refractivity contribution in [2.45, 2.75) is 19.9 Å². The van der Waals surface area contributed by atoms with Gasteiger partial charge in [0.05, 0.1) is 0 Å². The number of anilines is 1. The Hall–Kier alpha value is -1.09. The average molecular weight is 432 g/mol. The molecule has 2 N–H and O–H groups in total. The predicted octanol–water partition coefficient (Wildman–Crippen LogP) is 1.53. The zero-order valence-electron chi connectivity index (χ0n) is 14.4. The molecule has 1 aromatic rings. The van der Waals surface area contributed by atoms with E-state index in [9.17, 15) is 0 Å². The van der Waals surface area contributed by atoms with Gasteiger partial charge in [0.15, 0.2) is 5.96 Å². The van der Waals surface area contributed by atoms with E-state index in [1.165, 1.54) is 5.56 Å². The molecule has 6 nitrogen and oxygen atoms in total. The van der Waals surface area contributed by atoms with Crippen molar-refractivity contribution in [1.29, 1.82) is 0 Å². The zero-order valence-corrected chi connectivity index (χ0v) is 16.7. The Labute approximate surface area is 156 Å². The Morgan fingerprint density at radius 1 is 1.26 bits per heavy atom. The van der Waals surface area contributed by atoms with Crippen LogP contribution in [0.4, 0.5) is 5.82 Å². The minimum absolute atomic E-state index is 0. The second-order valence-electron chi connectivity index (χ2n) is 5.63. The standard InChI is InChI=1S/C16H28N6.HI/c1-4-7-19-16(17-2)20-13-14-6-5-8-18-15(14)22-11-9-21(3)10-12-22;/h5-6,8H,4,7,9-13H2,1-3H3,(H2,17,19,20);1H. The minimum Gasteiger partial charge on any atom is -0.356 e. The number of nitrogens with one attached hydrogen (secondary N) is 2. The Balaban J connectivity index is 0.00000264. The first-order valence-electron chi connectivity index (χ1n) is 8.06. The summed E-state index contributed by atoms with van der Waals surface area (Å²) in [5.41, 5.74) is 1.21. The molecule has 0 unspecified atom stereocenters. The van der Waals surface area contributed by atoms with Crippen molar-refractivity contribution in [3.05, 3.63) is 23.9 Å². The number of rotatable bonds is 5. The van der Waals surface area contributed by atoms with E-state index in [1.54, 1.807) is 7.05 Å². The molecular formula is C16H29IN6. The molecule has 0 atom stereocenters. The lowest BCUT2D eigenvalue weighted by molar-refractivity contribution is 0.312. The van der Waals surface area contributed by atoms with Gasteiger partial charge in [0.2, 0.25) is 0 Å². The van der Waals surface area contributed by atoms with Gasteiger partial charge in [0, 0.05) is 58.1 Å². The summed E-state index contributed by atoms with van der Waals surface area (Å²) in [4.78, 5) is 13.6. The van der Waals surface area contributed by atoms with Crippen LogP contribution in [0.3, 0.4) is 0 Å². The number of likely N-dealkylation sites (N-methyl/N-ethyl adjacent to an activating group) is 1. The van der Waals surface area contributed by atoms with Crippen LogP contribution in [-0.4, -0.2) is 62.7 Å². The summed E-state index contributed by atoms with van der Waals surface area (Å²) < 4.78 is 0. The minimum atomic E-state index is 0. The molecule has 1 saturated heterocycles. The van der Waals surface area contributed by atoms with Crippen LogP contribution in [0, 0.1) is 0 Å². The van der Waals surface area contributed by atoms with Gasteiger partial charge in [-0.25, -0.2) is 4.98 Å². The second kappa shape index (κ2) is 10.6. The Kier molecular flexibility index (Phi) is 9.23. The molecule has 0 bridgehead atoms. The van der Waals surface area contributed by atoms with Crippen LogP contribution in [-0.2, 0) is 6.54 Å². The van der Waals surface area contributed by atoms with Crippen LogP contribution in [0.15, 0.2) is 23.3 Å². The van der Waals surface area contributed by atoms with Gasteiger partial charge < -0.3 is 20.4 Å². The van der Waals surface area contributed by atoms with Crippen LogP contribution in [0.2, 0.25) is 0 Å². The monoisotopic (exact) mass is 432 g/mol. The van der Waals surface area contributed by atoms with E-state index in [4.69, 9.17) is 0 Å². The van der Waals surface area contributed by atoms with Gasteiger partial charge in [-0.15, -0.1) is 24.0 Å². The largest absolute Gasteiger partial charge is 0.356 e. The number of pyridine rings is 1. The van der Waals surface area contributed by atoms with Crippen molar-refractivity contribution in [3.8, 4) is 0 Å².